The van der Waals surface area contributed by atoms with Crippen molar-refractivity contribution in [3.63, 3.8) is 0 Å². The van der Waals surface area contributed by atoms with Gasteiger partial charge in [-0.1, -0.05) is 43.1 Å². The molecule has 2 aromatic carbocycles. The first-order valence-electron chi connectivity index (χ1n) is 6.66. The molecule has 3 N–H and O–H groups in total. The number of hydrogen-bond donors (Lipinski definition) is 2. The second-order valence-electron chi connectivity index (χ2n) is 5.36. The zero-order chi connectivity index (χ0) is 16.6. The lowest BCUT2D eigenvalue weighted by atomic mass is 9.95. The first kappa shape index (κ1) is 16.8. The molecular weight excluding hydrogens is 331 g/mol. The predicted octanol–water partition coefficient (Wildman–Crippen LogP) is 5.27. The van der Waals surface area contributed by atoms with Crippen LogP contribution in [0, 0.1) is 11.6 Å². The molecule has 0 radical (unpaired) electrons. The van der Waals surface area contributed by atoms with Crippen molar-refractivity contribution in [3.05, 3.63) is 56.6 Å². The number of hydrogen-bond acceptors (Lipinski definition) is 2. The van der Waals surface area contributed by atoms with E-state index in [2.05, 4.69) is 0 Å². The monoisotopic (exact) mass is 345 g/mol. The summed E-state index contributed by atoms with van der Waals surface area (Å²) in [5, 5.41) is 9.72. The van der Waals surface area contributed by atoms with Gasteiger partial charge in [-0.3, -0.25) is 0 Å². The Balaban J connectivity index is 2.54. The van der Waals surface area contributed by atoms with Gasteiger partial charge in [-0.15, -0.1) is 0 Å². The molecule has 0 unspecified atom stereocenters. The van der Waals surface area contributed by atoms with Gasteiger partial charge in [-0.05, 0) is 29.2 Å². The zero-order valence-corrected chi connectivity index (χ0v) is 13.6. The van der Waals surface area contributed by atoms with E-state index in [1.54, 1.807) is 13.8 Å². The summed E-state index contributed by atoms with van der Waals surface area (Å²) in [4.78, 5) is 0. The second kappa shape index (κ2) is 6.31. The molecule has 0 amide bonds. The Bertz CT molecular complexity index is 733. The first-order valence-corrected chi connectivity index (χ1v) is 7.41. The fourth-order valence-corrected chi connectivity index (χ4v) is 2.92. The largest absolute Gasteiger partial charge is 0.508 e. The van der Waals surface area contributed by atoms with E-state index in [1.165, 1.54) is 18.2 Å². The molecule has 0 spiro atoms. The molecule has 0 aliphatic rings. The summed E-state index contributed by atoms with van der Waals surface area (Å²) in [6, 6.07) is 4.08. The summed E-state index contributed by atoms with van der Waals surface area (Å²) in [7, 11) is 0. The van der Waals surface area contributed by atoms with Gasteiger partial charge in [-0.2, -0.15) is 0 Å². The highest BCUT2D eigenvalue weighted by Gasteiger charge is 2.20. The Kier molecular flexibility index (Phi) is 4.83. The minimum absolute atomic E-state index is 0.000694. The molecule has 0 bridgehead atoms. The number of rotatable bonds is 3. The van der Waals surface area contributed by atoms with E-state index in [4.69, 9.17) is 28.9 Å². The first-order chi connectivity index (χ1) is 10.2. The van der Waals surface area contributed by atoms with Crippen LogP contribution in [0.1, 0.15) is 36.5 Å². The van der Waals surface area contributed by atoms with Crippen molar-refractivity contribution in [2.75, 3.05) is 5.73 Å². The lowest BCUT2D eigenvalue weighted by molar-refractivity contribution is 0.452. The second-order valence-corrected chi connectivity index (χ2v) is 6.14. The van der Waals surface area contributed by atoms with Crippen molar-refractivity contribution >= 4 is 28.9 Å². The zero-order valence-electron chi connectivity index (χ0n) is 12.1. The van der Waals surface area contributed by atoms with Crippen molar-refractivity contribution in [3.8, 4) is 5.75 Å². The molecule has 2 nitrogen and oxygen atoms in total. The van der Waals surface area contributed by atoms with Gasteiger partial charge in [0.25, 0.3) is 0 Å². The van der Waals surface area contributed by atoms with Crippen LogP contribution in [0.15, 0.2) is 18.2 Å². The highest BCUT2D eigenvalue weighted by molar-refractivity contribution is 6.36. The van der Waals surface area contributed by atoms with E-state index in [9.17, 15) is 13.9 Å². The number of phenolic OH excluding ortho intramolecular Hbond substituents is 1. The van der Waals surface area contributed by atoms with E-state index >= 15 is 0 Å². The molecule has 22 heavy (non-hydrogen) atoms. The lowest BCUT2D eigenvalue weighted by Crippen LogP contribution is -2.03. The van der Waals surface area contributed by atoms with Crippen molar-refractivity contribution in [1.82, 2.24) is 0 Å². The topological polar surface area (TPSA) is 46.2 Å². The normalized spacial score (nSPS) is 11.2. The van der Waals surface area contributed by atoms with Gasteiger partial charge in [-0.25, -0.2) is 8.78 Å². The van der Waals surface area contributed by atoms with Gasteiger partial charge in [0.05, 0.1) is 10.7 Å². The lowest BCUT2D eigenvalue weighted by Gasteiger charge is -2.15. The Morgan fingerprint density at radius 3 is 2.41 bits per heavy atom. The van der Waals surface area contributed by atoms with Crippen molar-refractivity contribution in [2.45, 2.75) is 26.2 Å². The molecule has 2 aromatic rings. The molecule has 0 saturated carbocycles. The van der Waals surface area contributed by atoms with Crippen LogP contribution < -0.4 is 5.73 Å². The summed E-state index contributed by atoms with van der Waals surface area (Å²) in [6.07, 6.45) is 0.000694. The predicted molar refractivity (Wildman–Crippen MR) is 85.8 cm³/mol. The standard InChI is InChI=1S/C16H15Cl2F2NO/c1-7(2)13-12(22)4-3-8(15(13)19)5-9-10(17)6-11(21)16(20)14(9)18/h3-4,6-7,22H,5,21H2,1-2H3. The van der Waals surface area contributed by atoms with Gasteiger partial charge in [0.2, 0.25) is 0 Å². The molecule has 2 rings (SSSR count). The van der Waals surface area contributed by atoms with Crippen molar-refractivity contribution in [2.24, 2.45) is 0 Å². The smallest absolute Gasteiger partial charge is 0.165 e. The van der Waals surface area contributed by atoms with Crippen LogP contribution in [0.2, 0.25) is 10.0 Å². The van der Waals surface area contributed by atoms with Gasteiger partial charge in [0.15, 0.2) is 5.82 Å². The maximum atomic E-state index is 14.5. The minimum Gasteiger partial charge on any atom is -0.508 e. The highest BCUT2D eigenvalue weighted by Crippen LogP contribution is 2.36. The van der Waals surface area contributed by atoms with Crippen LogP contribution >= 0.6 is 23.2 Å². The van der Waals surface area contributed by atoms with E-state index in [0.717, 1.165) is 0 Å². The van der Waals surface area contributed by atoms with E-state index < -0.39 is 11.6 Å². The molecule has 0 aromatic heterocycles. The van der Waals surface area contributed by atoms with Crippen molar-refractivity contribution < 1.29 is 13.9 Å². The van der Waals surface area contributed by atoms with Crippen LogP contribution in [0.4, 0.5) is 14.5 Å². The number of anilines is 1. The summed E-state index contributed by atoms with van der Waals surface area (Å²) >= 11 is 12.0. The molecule has 6 heteroatoms. The summed E-state index contributed by atoms with van der Waals surface area (Å²) in [5.74, 6) is -1.63. The molecule has 0 atom stereocenters. The average Bonchev–Trinajstić information content (AvgIpc) is 2.43. The van der Waals surface area contributed by atoms with Gasteiger partial charge in [0.1, 0.15) is 11.6 Å². The molecule has 118 valence electrons. The summed E-state index contributed by atoms with van der Waals surface area (Å²) in [5.41, 5.74) is 6.03. The van der Waals surface area contributed by atoms with Crippen LogP contribution in [-0.4, -0.2) is 5.11 Å². The Hall–Kier alpha value is -1.52. The number of halogens is 4. The van der Waals surface area contributed by atoms with E-state index in [0.29, 0.717) is 0 Å². The Morgan fingerprint density at radius 1 is 1.18 bits per heavy atom. The third-order valence-corrected chi connectivity index (χ3v) is 4.19. The van der Waals surface area contributed by atoms with Gasteiger partial charge in [0, 0.05) is 17.0 Å². The number of nitrogens with two attached hydrogens (primary N) is 1. The number of benzene rings is 2. The SMILES string of the molecule is CC(C)c1c(O)ccc(Cc2c(Cl)cc(N)c(F)c2Cl)c1F. The fraction of sp³-hybridized carbons (Fsp3) is 0.250. The number of aromatic hydroxyl groups is 1. The quantitative estimate of drug-likeness (QED) is 0.587. The number of nitrogen functional groups attached to an aromatic ring is 1. The Morgan fingerprint density at radius 2 is 1.82 bits per heavy atom. The molecule has 0 aliphatic heterocycles. The molecular formula is C16H15Cl2F2NO. The fourth-order valence-electron chi connectivity index (χ4n) is 2.32. The molecule has 0 heterocycles. The van der Waals surface area contributed by atoms with Crippen LogP contribution in [-0.2, 0) is 6.42 Å². The number of phenols is 1. The minimum atomic E-state index is -0.774. The summed E-state index contributed by atoms with van der Waals surface area (Å²) < 4.78 is 28.3. The third kappa shape index (κ3) is 2.99. The maximum absolute atomic E-state index is 14.5. The maximum Gasteiger partial charge on any atom is 0.165 e. The average molecular weight is 346 g/mol. The third-order valence-electron chi connectivity index (χ3n) is 3.46. The van der Waals surface area contributed by atoms with Crippen LogP contribution in [0.5, 0.6) is 5.75 Å². The van der Waals surface area contributed by atoms with Crippen molar-refractivity contribution in [1.29, 1.82) is 0 Å². The molecule has 0 saturated heterocycles. The van der Waals surface area contributed by atoms with Crippen LogP contribution in [0.25, 0.3) is 0 Å². The highest BCUT2D eigenvalue weighted by atomic mass is 35.5. The van der Waals surface area contributed by atoms with E-state index in [1.807, 2.05) is 0 Å². The summed E-state index contributed by atoms with van der Waals surface area (Å²) in [6.45, 7) is 3.54. The molecule has 0 aliphatic carbocycles. The van der Waals surface area contributed by atoms with Gasteiger partial charge >= 0.3 is 0 Å². The Labute approximate surface area is 137 Å². The van der Waals surface area contributed by atoms with E-state index in [-0.39, 0.29) is 50.5 Å². The van der Waals surface area contributed by atoms with Crippen LogP contribution in [0.3, 0.4) is 0 Å². The van der Waals surface area contributed by atoms with Gasteiger partial charge < -0.3 is 10.8 Å². The molecule has 0 fully saturated rings.